The number of alkyl halides is 3. The van der Waals surface area contributed by atoms with Crippen LogP contribution in [0.3, 0.4) is 0 Å². The second kappa shape index (κ2) is 5.86. The second-order valence-electron chi connectivity index (χ2n) is 2.87. The van der Waals surface area contributed by atoms with E-state index in [1.807, 2.05) is 0 Å². The standard InChI is InChI=1S/C8H11F3N2O2S/c1-2-3-4-6-13(7-5-12)16(14,15)8(9,10)11/h2H,1,3-4,6-7H2. The maximum Gasteiger partial charge on any atom is 0.511 e. The Bertz CT molecular complexity index is 370. The number of sulfonamides is 1. The molecule has 0 saturated carbocycles. The molecule has 0 aromatic heterocycles. The van der Waals surface area contributed by atoms with Gasteiger partial charge in [0.15, 0.2) is 0 Å². The summed E-state index contributed by atoms with van der Waals surface area (Å²) in [6.07, 6.45) is 2.04. The van der Waals surface area contributed by atoms with E-state index in [0.717, 1.165) is 0 Å². The van der Waals surface area contributed by atoms with Gasteiger partial charge >= 0.3 is 15.5 Å². The highest BCUT2D eigenvalue weighted by Crippen LogP contribution is 2.26. The number of hydrogen-bond donors (Lipinski definition) is 0. The van der Waals surface area contributed by atoms with Crippen molar-refractivity contribution < 1.29 is 21.6 Å². The molecule has 0 aromatic carbocycles. The molecule has 0 saturated heterocycles. The zero-order valence-electron chi connectivity index (χ0n) is 8.37. The van der Waals surface area contributed by atoms with E-state index in [1.165, 1.54) is 12.1 Å². The number of allylic oxidation sites excluding steroid dienone is 1. The SMILES string of the molecule is C=CCCCN(CC#N)S(=O)(=O)C(F)(F)F. The van der Waals surface area contributed by atoms with Crippen LogP contribution in [-0.2, 0) is 10.0 Å². The van der Waals surface area contributed by atoms with Gasteiger partial charge < -0.3 is 0 Å². The Labute approximate surface area is 92.0 Å². The molecule has 4 nitrogen and oxygen atoms in total. The molecule has 0 spiro atoms. The van der Waals surface area contributed by atoms with Crippen LogP contribution in [0.1, 0.15) is 12.8 Å². The molecule has 0 aliphatic heterocycles. The molecule has 0 unspecified atom stereocenters. The van der Waals surface area contributed by atoms with E-state index < -0.39 is 22.1 Å². The third kappa shape index (κ3) is 3.83. The van der Waals surface area contributed by atoms with Crippen molar-refractivity contribution in [3.63, 3.8) is 0 Å². The fourth-order valence-corrected chi connectivity index (χ4v) is 1.81. The molecule has 0 atom stereocenters. The summed E-state index contributed by atoms with van der Waals surface area (Å²) in [5, 5.41) is 8.28. The van der Waals surface area contributed by atoms with Gasteiger partial charge in [-0.2, -0.15) is 22.7 Å². The zero-order valence-corrected chi connectivity index (χ0v) is 9.18. The number of halogens is 3. The highest BCUT2D eigenvalue weighted by atomic mass is 32.2. The third-order valence-electron chi connectivity index (χ3n) is 1.70. The van der Waals surface area contributed by atoms with Crippen molar-refractivity contribution in [2.75, 3.05) is 13.1 Å². The van der Waals surface area contributed by atoms with E-state index in [9.17, 15) is 21.6 Å². The van der Waals surface area contributed by atoms with Gasteiger partial charge in [0, 0.05) is 6.54 Å². The highest BCUT2D eigenvalue weighted by Gasteiger charge is 2.49. The summed E-state index contributed by atoms with van der Waals surface area (Å²) in [6.45, 7) is 2.21. The lowest BCUT2D eigenvalue weighted by atomic mass is 10.3. The molecule has 0 rings (SSSR count). The Hall–Kier alpha value is -1.07. The Morgan fingerprint density at radius 2 is 2.00 bits per heavy atom. The summed E-state index contributed by atoms with van der Waals surface area (Å²) in [7, 11) is -5.40. The summed E-state index contributed by atoms with van der Waals surface area (Å²) in [6, 6.07) is 1.39. The van der Waals surface area contributed by atoms with Crippen LogP contribution in [-0.4, -0.2) is 31.3 Å². The molecule has 0 aliphatic rings. The fourth-order valence-electron chi connectivity index (χ4n) is 0.921. The van der Waals surface area contributed by atoms with Crippen LogP contribution in [0.2, 0.25) is 0 Å². The average molecular weight is 256 g/mol. The number of hydrogen-bond acceptors (Lipinski definition) is 3. The lowest BCUT2D eigenvalue weighted by Gasteiger charge is -2.20. The number of rotatable bonds is 6. The molecule has 0 bridgehead atoms. The van der Waals surface area contributed by atoms with E-state index in [1.54, 1.807) is 0 Å². The zero-order chi connectivity index (χ0) is 12.8. The van der Waals surface area contributed by atoms with Gasteiger partial charge in [0.2, 0.25) is 0 Å². The molecule has 16 heavy (non-hydrogen) atoms. The smallest absolute Gasteiger partial charge is 0.203 e. The van der Waals surface area contributed by atoms with Crippen molar-refractivity contribution in [1.82, 2.24) is 4.31 Å². The maximum absolute atomic E-state index is 12.2. The molecule has 0 aliphatic carbocycles. The lowest BCUT2D eigenvalue weighted by Crippen LogP contribution is -2.41. The topological polar surface area (TPSA) is 61.2 Å². The van der Waals surface area contributed by atoms with Gasteiger partial charge in [0.1, 0.15) is 6.54 Å². The van der Waals surface area contributed by atoms with Crippen LogP contribution in [0.25, 0.3) is 0 Å². The monoisotopic (exact) mass is 256 g/mol. The first-order valence-electron chi connectivity index (χ1n) is 4.31. The van der Waals surface area contributed by atoms with Gasteiger partial charge in [-0.15, -0.1) is 6.58 Å². The van der Waals surface area contributed by atoms with Crippen LogP contribution in [0, 0.1) is 11.3 Å². The Balaban J connectivity index is 4.79. The van der Waals surface area contributed by atoms with Crippen molar-refractivity contribution >= 4 is 10.0 Å². The Morgan fingerprint density at radius 3 is 2.38 bits per heavy atom. The summed E-state index contributed by atoms with van der Waals surface area (Å²) < 4.78 is 58.5. The van der Waals surface area contributed by atoms with Gasteiger partial charge in [-0.25, -0.2) is 8.42 Å². The predicted octanol–water partition coefficient (Wildman–Crippen LogP) is 1.63. The quantitative estimate of drug-likeness (QED) is 0.412. The van der Waals surface area contributed by atoms with Crippen molar-refractivity contribution in [1.29, 1.82) is 5.26 Å². The van der Waals surface area contributed by atoms with Crippen LogP contribution >= 0.6 is 0 Å². The normalized spacial score (nSPS) is 12.4. The van der Waals surface area contributed by atoms with Gasteiger partial charge in [-0.1, -0.05) is 6.08 Å². The molecule has 0 amide bonds. The largest absolute Gasteiger partial charge is 0.511 e. The second-order valence-corrected chi connectivity index (χ2v) is 4.80. The van der Waals surface area contributed by atoms with E-state index in [0.29, 0.717) is 6.42 Å². The van der Waals surface area contributed by atoms with Crippen molar-refractivity contribution in [2.45, 2.75) is 18.3 Å². The molecule has 92 valence electrons. The molecular formula is C8H11F3N2O2S. The van der Waals surface area contributed by atoms with Gasteiger partial charge in [-0.05, 0) is 12.8 Å². The first kappa shape index (κ1) is 14.9. The van der Waals surface area contributed by atoms with E-state index in [-0.39, 0.29) is 17.3 Å². The number of unbranched alkanes of at least 4 members (excludes halogenated alkanes) is 1. The average Bonchev–Trinajstić information content (AvgIpc) is 2.15. The lowest BCUT2D eigenvalue weighted by molar-refractivity contribution is -0.0486. The third-order valence-corrected chi connectivity index (χ3v) is 3.27. The predicted molar refractivity (Wildman–Crippen MR) is 51.6 cm³/mol. The summed E-state index contributed by atoms with van der Waals surface area (Å²) >= 11 is 0. The molecule has 0 heterocycles. The van der Waals surface area contributed by atoms with Crippen molar-refractivity contribution in [2.24, 2.45) is 0 Å². The van der Waals surface area contributed by atoms with Gasteiger partial charge in [0.05, 0.1) is 6.07 Å². The highest BCUT2D eigenvalue weighted by molar-refractivity contribution is 7.90. The Morgan fingerprint density at radius 1 is 1.44 bits per heavy atom. The van der Waals surface area contributed by atoms with Gasteiger partial charge in [-0.3, -0.25) is 0 Å². The van der Waals surface area contributed by atoms with Crippen LogP contribution < -0.4 is 0 Å². The molecule has 0 radical (unpaired) electrons. The van der Waals surface area contributed by atoms with E-state index in [4.69, 9.17) is 5.26 Å². The summed E-state index contributed by atoms with van der Waals surface area (Å²) in [4.78, 5) is 0. The molecule has 0 aromatic rings. The molecule has 0 N–H and O–H groups in total. The van der Waals surface area contributed by atoms with Crippen LogP contribution in [0.15, 0.2) is 12.7 Å². The van der Waals surface area contributed by atoms with Crippen molar-refractivity contribution in [3.05, 3.63) is 12.7 Å². The fraction of sp³-hybridized carbons (Fsp3) is 0.625. The van der Waals surface area contributed by atoms with Gasteiger partial charge in [0.25, 0.3) is 0 Å². The number of nitrogens with zero attached hydrogens (tertiary/aromatic N) is 2. The summed E-state index contributed by atoms with van der Waals surface area (Å²) in [5.41, 5.74) is -5.36. The summed E-state index contributed by atoms with van der Waals surface area (Å²) in [5.74, 6) is 0. The van der Waals surface area contributed by atoms with Crippen LogP contribution in [0.5, 0.6) is 0 Å². The van der Waals surface area contributed by atoms with E-state index >= 15 is 0 Å². The maximum atomic E-state index is 12.2. The Kier molecular flexibility index (Phi) is 5.47. The minimum absolute atomic E-state index is 0.122. The first-order chi connectivity index (χ1) is 7.27. The molecular weight excluding hydrogens is 245 g/mol. The number of nitriles is 1. The van der Waals surface area contributed by atoms with Crippen molar-refractivity contribution in [3.8, 4) is 6.07 Å². The minimum Gasteiger partial charge on any atom is -0.203 e. The minimum atomic E-state index is -5.40. The molecule has 8 heteroatoms. The molecule has 0 fully saturated rings. The van der Waals surface area contributed by atoms with E-state index in [2.05, 4.69) is 6.58 Å². The first-order valence-corrected chi connectivity index (χ1v) is 5.75. The van der Waals surface area contributed by atoms with Crippen LogP contribution in [0.4, 0.5) is 13.2 Å².